The van der Waals surface area contributed by atoms with Gasteiger partial charge in [-0.15, -0.1) is 0 Å². The van der Waals surface area contributed by atoms with Crippen molar-refractivity contribution < 1.29 is 23.8 Å². The molecule has 0 atom stereocenters. The number of carbonyl (C=O) groups excluding carboxylic acids is 1. The van der Waals surface area contributed by atoms with E-state index < -0.39 is 0 Å². The van der Waals surface area contributed by atoms with E-state index in [1.165, 1.54) is 43.9 Å². The van der Waals surface area contributed by atoms with Crippen molar-refractivity contribution in [3.05, 3.63) is 40.5 Å². The Hall–Kier alpha value is -2.29. The number of methoxy groups -OCH3 is 2. The van der Waals surface area contributed by atoms with E-state index in [0.717, 1.165) is 35.8 Å². The summed E-state index contributed by atoms with van der Waals surface area (Å²) >= 11 is 7.21. The summed E-state index contributed by atoms with van der Waals surface area (Å²) in [6.45, 7) is 0.150. The number of carbonyl (C=O) groups is 1. The summed E-state index contributed by atoms with van der Waals surface area (Å²) in [5.41, 5.74) is 1.85. The van der Waals surface area contributed by atoms with Gasteiger partial charge in [0, 0.05) is 30.4 Å². The van der Waals surface area contributed by atoms with Crippen LogP contribution < -0.4 is 9.47 Å². The quantitative estimate of drug-likeness (QED) is 0.222. The minimum Gasteiger partial charge on any atom is -0.497 e. The van der Waals surface area contributed by atoms with Crippen molar-refractivity contribution in [2.75, 3.05) is 20.8 Å². The molecule has 8 heteroatoms. The van der Waals surface area contributed by atoms with Gasteiger partial charge < -0.3 is 19.0 Å². The summed E-state index contributed by atoms with van der Waals surface area (Å²) in [6, 6.07) is 7.92. The highest BCUT2D eigenvalue weighted by Crippen LogP contribution is 2.56. The molecule has 202 valence electrons. The first-order valence-electron chi connectivity index (χ1n) is 13.7. The standard InChI is InChI=1S/C30H35NO5S2/c1-34-23-12-20(13-24(15-23)35-2)25-14-19(5-3-4-6-32)26(36-25)16-27-29(33)31(30(37)38-27)28-21-8-17-7-18(10-21)11-22(28)9-17/h12-18,21-22,28,32H,3-11H2,1-2H3/b27-16+. The van der Waals surface area contributed by atoms with Crippen LogP contribution in [0.15, 0.2) is 33.6 Å². The average Bonchev–Trinajstić information content (AvgIpc) is 3.43. The summed E-state index contributed by atoms with van der Waals surface area (Å²) in [7, 11) is 3.25. The molecular formula is C30H35NO5S2. The van der Waals surface area contributed by atoms with Crippen LogP contribution in [-0.2, 0) is 11.2 Å². The average molecular weight is 554 g/mol. The Morgan fingerprint density at radius 1 is 1.03 bits per heavy atom. The molecule has 4 saturated carbocycles. The highest BCUT2D eigenvalue weighted by atomic mass is 32.2. The second kappa shape index (κ2) is 10.7. The largest absolute Gasteiger partial charge is 0.497 e. The van der Waals surface area contributed by atoms with E-state index in [9.17, 15) is 9.90 Å². The fraction of sp³-hybridized carbons (Fsp3) is 0.533. The Bertz CT molecular complexity index is 1220. The number of thioether (sulfide) groups is 1. The van der Waals surface area contributed by atoms with Gasteiger partial charge in [0.1, 0.15) is 27.3 Å². The van der Waals surface area contributed by atoms with Gasteiger partial charge in [-0.25, -0.2) is 0 Å². The molecule has 0 unspecified atom stereocenters. The third kappa shape index (κ3) is 4.80. The van der Waals surface area contributed by atoms with Crippen molar-refractivity contribution in [3.63, 3.8) is 0 Å². The number of benzene rings is 1. The molecule has 38 heavy (non-hydrogen) atoms. The molecule has 1 N–H and O–H groups in total. The minimum absolute atomic E-state index is 0.0276. The van der Waals surface area contributed by atoms with Crippen LogP contribution >= 0.6 is 24.0 Å². The van der Waals surface area contributed by atoms with Crippen LogP contribution in [0.1, 0.15) is 56.3 Å². The molecule has 1 amide bonds. The van der Waals surface area contributed by atoms with Gasteiger partial charge in [-0.05, 0) is 98.8 Å². The Morgan fingerprint density at radius 3 is 2.29 bits per heavy atom. The Labute approximate surface area is 233 Å². The SMILES string of the molecule is COc1cc(OC)cc(-c2cc(CCCCO)c(/C=C3/SC(=S)N(C4C5CC6CC(C5)CC4C6)C3=O)o2)c1. The number of unbranched alkanes of at least 4 members (excludes halogenated alkanes) is 1. The summed E-state index contributed by atoms with van der Waals surface area (Å²) in [6.07, 6.45) is 10.5. The molecule has 4 aliphatic carbocycles. The van der Waals surface area contributed by atoms with Crippen molar-refractivity contribution in [2.24, 2.45) is 23.7 Å². The Kier molecular flexibility index (Phi) is 7.31. The highest BCUT2D eigenvalue weighted by molar-refractivity contribution is 8.26. The smallest absolute Gasteiger partial charge is 0.266 e. The molecular weight excluding hydrogens is 518 g/mol. The monoisotopic (exact) mass is 553 g/mol. The predicted octanol–water partition coefficient (Wildman–Crippen LogP) is 6.30. The van der Waals surface area contributed by atoms with Crippen LogP contribution in [0.2, 0.25) is 0 Å². The maximum absolute atomic E-state index is 13.8. The number of amides is 1. The minimum atomic E-state index is 0.0276. The van der Waals surface area contributed by atoms with E-state index in [-0.39, 0.29) is 18.6 Å². The van der Waals surface area contributed by atoms with E-state index >= 15 is 0 Å². The van der Waals surface area contributed by atoms with E-state index in [1.807, 2.05) is 35.2 Å². The molecule has 7 rings (SSSR count). The lowest BCUT2D eigenvalue weighted by molar-refractivity contribution is -0.130. The zero-order valence-electron chi connectivity index (χ0n) is 22.0. The molecule has 1 aliphatic heterocycles. The number of aliphatic hydroxyl groups excluding tert-OH is 1. The van der Waals surface area contributed by atoms with E-state index in [4.69, 9.17) is 26.1 Å². The van der Waals surface area contributed by atoms with Crippen LogP contribution in [0.4, 0.5) is 0 Å². The van der Waals surface area contributed by atoms with E-state index in [0.29, 0.717) is 50.5 Å². The normalized spacial score (nSPS) is 29.1. The highest BCUT2D eigenvalue weighted by Gasteiger charge is 2.53. The lowest BCUT2D eigenvalue weighted by Gasteiger charge is -2.56. The van der Waals surface area contributed by atoms with Gasteiger partial charge in [-0.2, -0.15) is 0 Å². The Balaban J connectivity index is 1.31. The van der Waals surface area contributed by atoms with Gasteiger partial charge in [0.15, 0.2) is 0 Å². The van der Waals surface area contributed by atoms with Gasteiger partial charge in [0.25, 0.3) is 5.91 Å². The number of hydrogen-bond acceptors (Lipinski definition) is 7. The fourth-order valence-electron chi connectivity index (χ4n) is 7.45. The lowest BCUT2D eigenvalue weighted by Crippen LogP contribution is -2.57. The number of furan rings is 1. The third-order valence-corrected chi connectivity index (χ3v) is 10.2. The first-order valence-corrected chi connectivity index (χ1v) is 14.9. The number of aryl methyl sites for hydroxylation is 1. The summed E-state index contributed by atoms with van der Waals surface area (Å²) < 4.78 is 18.0. The fourth-order valence-corrected chi connectivity index (χ4v) is 8.77. The van der Waals surface area contributed by atoms with Crippen molar-refractivity contribution in [1.82, 2.24) is 4.90 Å². The Morgan fingerprint density at radius 2 is 1.68 bits per heavy atom. The van der Waals surface area contributed by atoms with Crippen molar-refractivity contribution in [1.29, 1.82) is 0 Å². The van der Waals surface area contributed by atoms with Gasteiger partial charge in [0.2, 0.25) is 0 Å². The summed E-state index contributed by atoms with van der Waals surface area (Å²) in [5.74, 6) is 5.60. The van der Waals surface area contributed by atoms with E-state index in [2.05, 4.69) is 0 Å². The van der Waals surface area contributed by atoms with Crippen LogP contribution in [0.5, 0.6) is 11.5 Å². The maximum Gasteiger partial charge on any atom is 0.266 e. The zero-order valence-corrected chi connectivity index (χ0v) is 23.6. The molecule has 2 aromatic rings. The second-order valence-corrected chi connectivity index (χ2v) is 12.9. The molecule has 1 aromatic carbocycles. The van der Waals surface area contributed by atoms with Gasteiger partial charge >= 0.3 is 0 Å². The number of nitrogens with zero attached hydrogens (tertiary/aromatic N) is 1. The molecule has 1 aromatic heterocycles. The van der Waals surface area contributed by atoms with Crippen molar-refractivity contribution >= 4 is 40.3 Å². The first-order chi connectivity index (χ1) is 18.5. The summed E-state index contributed by atoms with van der Waals surface area (Å²) in [4.78, 5) is 16.4. The van der Waals surface area contributed by atoms with Gasteiger partial charge in [-0.3, -0.25) is 9.69 Å². The number of hydrogen-bond donors (Lipinski definition) is 1. The molecule has 0 radical (unpaired) electrons. The number of aliphatic hydroxyl groups is 1. The zero-order chi connectivity index (χ0) is 26.4. The number of rotatable bonds is 9. The molecule has 1 saturated heterocycles. The molecule has 4 bridgehead atoms. The third-order valence-electron chi connectivity index (χ3n) is 8.89. The van der Waals surface area contributed by atoms with Crippen molar-refractivity contribution in [2.45, 2.75) is 57.4 Å². The van der Waals surface area contributed by atoms with Gasteiger partial charge in [0.05, 0.1) is 19.1 Å². The van der Waals surface area contributed by atoms with E-state index in [1.54, 1.807) is 14.2 Å². The van der Waals surface area contributed by atoms with Gasteiger partial charge in [-0.1, -0.05) is 24.0 Å². The van der Waals surface area contributed by atoms with Crippen LogP contribution in [-0.4, -0.2) is 47.1 Å². The molecule has 2 heterocycles. The summed E-state index contributed by atoms with van der Waals surface area (Å²) in [5, 5.41) is 9.31. The number of ether oxygens (including phenoxy) is 2. The topological polar surface area (TPSA) is 72.1 Å². The van der Waals surface area contributed by atoms with Crippen molar-refractivity contribution in [3.8, 4) is 22.8 Å². The van der Waals surface area contributed by atoms with Crippen LogP contribution in [0.3, 0.4) is 0 Å². The molecule has 6 nitrogen and oxygen atoms in total. The first kappa shape index (κ1) is 26.0. The maximum atomic E-state index is 13.8. The molecule has 5 fully saturated rings. The molecule has 0 spiro atoms. The molecule has 5 aliphatic rings. The van der Waals surface area contributed by atoms with Crippen LogP contribution in [0.25, 0.3) is 17.4 Å². The second-order valence-electron chi connectivity index (χ2n) is 11.3. The lowest BCUT2D eigenvalue weighted by atomic mass is 9.54. The predicted molar refractivity (Wildman–Crippen MR) is 153 cm³/mol. The number of thiocarbonyl (C=S) groups is 1. The van der Waals surface area contributed by atoms with Crippen LogP contribution in [0, 0.1) is 23.7 Å².